The van der Waals surface area contributed by atoms with E-state index in [0.717, 1.165) is 56.4 Å². The molecule has 1 unspecified atom stereocenters. The first-order valence-electron chi connectivity index (χ1n) is 13.9. The Bertz CT molecular complexity index is 1310. The molecule has 0 fully saturated rings. The van der Waals surface area contributed by atoms with Crippen molar-refractivity contribution in [2.24, 2.45) is 0 Å². The molecule has 0 spiro atoms. The summed E-state index contributed by atoms with van der Waals surface area (Å²) in [6.45, 7) is 2.67. The van der Waals surface area contributed by atoms with Crippen molar-refractivity contribution in [1.29, 1.82) is 0 Å². The van der Waals surface area contributed by atoms with Crippen LogP contribution in [-0.2, 0) is 23.8 Å². The molecule has 1 aliphatic heterocycles. The topological polar surface area (TPSA) is 112 Å². The van der Waals surface area contributed by atoms with Crippen LogP contribution in [0.1, 0.15) is 42.8 Å². The zero-order valence-corrected chi connectivity index (χ0v) is 23.0. The van der Waals surface area contributed by atoms with Crippen LogP contribution in [0.2, 0.25) is 0 Å². The summed E-state index contributed by atoms with van der Waals surface area (Å²) in [6.07, 6.45) is 0.890. The van der Waals surface area contributed by atoms with E-state index < -0.39 is 24.0 Å². The lowest BCUT2D eigenvalue weighted by atomic mass is 10.1. The number of anilines is 2. The predicted octanol–water partition coefficient (Wildman–Crippen LogP) is 5.05. The van der Waals surface area contributed by atoms with Crippen molar-refractivity contribution in [1.82, 2.24) is 19.9 Å². The molecule has 0 saturated carbocycles. The van der Waals surface area contributed by atoms with Crippen LogP contribution < -0.4 is 15.4 Å². The third-order valence-electron chi connectivity index (χ3n) is 6.86. The number of halogens is 4. The highest BCUT2D eigenvalue weighted by molar-refractivity contribution is 5.76. The van der Waals surface area contributed by atoms with E-state index in [0.29, 0.717) is 25.4 Å². The van der Waals surface area contributed by atoms with E-state index in [2.05, 4.69) is 32.7 Å². The Morgan fingerprint density at radius 3 is 2.64 bits per heavy atom. The van der Waals surface area contributed by atoms with Crippen LogP contribution >= 0.6 is 0 Å². The third-order valence-corrected chi connectivity index (χ3v) is 6.86. The molecule has 3 N–H and O–H groups in total. The number of carboxylic acids is 1. The van der Waals surface area contributed by atoms with Crippen molar-refractivity contribution in [2.45, 2.75) is 50.7 Å². The van der Waals surface area contributed by atoms with Crippen LogP contribution in [0.5, 0.6) is 5.75 Å². The average Bonchev–Trinajstić information content (AvgIpc) is 2.97. The molecule has 1 aromatic carbocycles. The maximum Gasteiger partial charge on any atom is 0.451 e. The number of benzene rings is 1. The Kier molecular flexibility index (Phi) is 10.9. The van der Waals surface area contributed by atoms with Gasteiger partial charge in [-0.3, -0.25) is 4.90 Å². The van der Waals surface area contributed by atoms with E-state index in [-0.39, 0.29) is 24.7 Å². The second-order valence-corrected chi connectivity index (χ2v) is 10.0. The zero-order chi connectivity index (χ0) is 30.0. The molecule has 3 heterocycles. The molecular formula is C29H34F4N6O3. The number of pyridine rings is 1. The first kappa shape index (κ1) is 30.9. The Hall–Kier alpha value is -4.00. The van der Waals surface area contributed by atoms with Crippen LogP contribution in [0.3, 0.4) is 0 Å². The number of hydrogen-bond acceptors (Lipinski definition) is 8. The number of aliphatic carboxylic acids is 1. The van der Waals surface area contributed by atoms with Crippen LogP contribution in [0, 0.1) is 5.82 Å². The molecule has 0 aliphatic carbocycles. The monoisotopic (exact) mass is 590 g/mol. The fraction of sp³-hybridized carbons (Fsp3) is 0.448. The molecule has 0 radical (unpaired) electrons. The Morgan fingerprint density at radius 1 is 1.07 bits per heavy atom. The molecule has 1 atom stereocenters. The van der Waals surface area contributed by atoms with Crippen molar-refractivity contribution < 1.29 is 32.2 Å². The quantitative estimate of drug-likeness (QED) is 0.165. The lowest BCUT2D eigenvalue weighted by molar-refractivity contribution is -0.144. The number of aromatic nitrogens is 3. The number of carboxylic acid groups (broad SMARTS) is 1. The number of fused-ring (bicyclic) bond motifs is 1. The second-order valence-electron chi connectivity index (χ2n) is 10.0. The van der Waals surface area contributed by atoms with Gasteiger partial charge in [0.15, 0.2) is 0 Å². The summed E-state index contributed by atoms with van der Waals surface area (Å²) in [5.74, 6) is -1.68. The smallest absolute Gasteiger partial charge is 0.451 e. The SMILES string of the molecule is O=C(O)C(CCN(CCCCc1ccc2c(n1)NCCC2)CCOc1ccc(F)cc1)Nc1ccnc(C(F)(F)F)n1. The standard InChI is InChI=1S/C29H34F4N6O3/c30-21-7-10-23(11-8-21)42-19-18-39(16-2-1-5-22-9-6-20-4-3-14-34-26(20)36-22)17-13-24(27(40)41)37-25-12-15-35-28(38-25)29(31,32)33/h6-12,15,24H,1-5,13-14,16-19H2,(H,34,36)(H,40,41)(H,35,37,38). The Balaban J connectivity index is 1.33. The number of ether oxygens (including phenoxy) is 1. The van der Waals surface area contributed by atoms with Gasteiger partial charge in [0.2, 0.25) is 5.82 Å². The Morgan fingerprint density at radius 2 is 1.88 bits per heavy atom. The van der Waals surface area contributed by atoms with Gasteiger partial charge < -0.3 is 20.5 Å². The molecule has 226 valence electrons. The molecule has 9 nitrogen and oxygen atoms in total. The van der Waals surface area contributed by atoms with Crippen LogP contribution in [0.25, 0.3) is 0 Å². The number of hydrogen-bond donors (Lipinski definition) is 3. The number of alkyl halides is 3. The fourth-order valence-corrected chi connectivity index (χ4v) is 4.63. The van der Waals surface area contributed by atoms with E-state index in [4.69, 9.17) is 9.72 Å². The third kappa shape index (κ3) is 9.54. The first-order valence-corrected chi connectivity index (χ1v) is 13.9. The van der Waals surface area contributed by atoms with Gasteiger partial charge in [-0.15, -0.1) is 0 Å². The number of rotatable bonds is 15. The van der Waals surface area contributed by atoms with Crippen LogP contribution in [0.15, 0.2) is 48.7 Å². The summed E-state index contributed by atoms with van der Waals surface area (Å²) < 4.78 is 57.9. The minimum Gasteiger partial charge on any atom is -0.492 e. The summed E-state index contributed by atoms with van der Waals surface area (Å²) in [4.78, 5) is 25.3. The summed E-state index contributed by atoms with van der Waals surface area (Å²) in [7, 11) is 0. The largest absolute Gasteiger partial charge is 0.492 e. The minimum absolute atomic E-state index is 0.106. The highest BCUT2D eigenvalue weighted by Gasteiger charge is 2.35. The van der Waals surface area contributed by atoms with E-state index in [1.165, 1.54) is 35.9 Å². The number of nitrogens with zero attached hydrogens (tertiary/aromatic N) is 4. The number of nitrogens with one attached hydrogen (secondary N) is 2. The molecule has 4 rings (SSSR count). The van der Waals surface area contributed by atoms with Crippen molar-refractivity contribution in [3.63, 3.8) is 0 Å². The molecule has 13 heteroatoms. The second kappa shape index (κ2) is 14.8. The highest BCUT2D eigenvalue weighted by atomic mass is 19.4. The predicted molar refractivity (Wildman–Crippen MR) is 149 cm³/mol. The number of carbonyl (C=O) groups is 1. The van der Waals surface area contributed by atoms with Gasteiger partial charge in [0.25, 0.3) is 0 Å². The summed E-state index contributed by atoms with van der Waals surface area (Å²) in [6, 6.07) is 9.87. The molecule has 0 saturated heterocycles. The van der Waals surface area contributed by atoms with Gasteiger partial charge in [0.05, 0.1) is 0 Å². The van der Waals surface area contributed by atoms with Gasteiger partial charge in [0, 0.05) is 31.5 Å². The van der Waals surface area contributed by atoms with Gasteiger partial charge in [-0.2, -0.15) is 13.2 Å². The summed E-state index contributed by atoms with van der Waals surface area (Å²) >= 11 is 0. The van der Waals surface area contributed by atoms with Crippen molar-refractivity contribution in [3.8, 4) is 5.75 Å². The van der Waals surface area contributed by atoms with E-state index in [1.807, 2.05) is 4.90 Å². The summed E-state index contributed by atoms with van der Waals surface area (Å²) in [5.41, 5.74) is 2.24. The van der Waals surface area contributed by atoms with Gasteiger partial charge in [-0.25, -0.2) is 24.1 Å². The molecule has 42 heavy (non-hydrogen) atoms. The molecule has 0 amide bonds. The van der Waals surface area contributed by atoms with Crippen LogP contribution in [0.4, 0.5) is 29.2 Å². The average molecular weight is 591 g/mol. The van der Waals surface area contributed by atoms with Crippen molar-refractivity contribution in [3.05, 3.63) is 71.6 Å². The lowest BCUT2D eigenvalue weighted by Crippen LogP contribution is -2.37. The Labute approximate surface area is 241 Å². The maximum absolute atomic E-state index is 13.2. The van der Waals surface area contributed by atoms with E-state index >= 15 is 0 Å². The van der Waals surface area contributed by atoms with Gasteiger partial charge >= 0.3 is 12.1 Å². The first-order chi connectivity index (χ1) is 20.2. The molecule has 2 aromatic heterocycles. The van der Waals surface area contributed by atoms with Gasteiger partial charge in [-0.1, -0.05) is 6.07 Å². The molecule has 1 aliphatic rings. The minimum atomic E-state index is -4.75. The maximum atomic E-state index is 13.2. The lowest BCUT2D eigenvalue weighted by Gasteiger charge is -2.25. The van der Waals surface area contributed by atoms with Crippen molar-refractivity contribution in [2.75, 3.05) is 43.4 Å². The number of aryl methyl sites for hydroxylation is 2. The normalized spacial score (nSPS) is 13.7. The summed E-state index contributed by atoms with van der Waals surface area (Å²) in [5, 5.41) is 15.7. The zero-order valence-electron chi connectivity index (χ0n) is 23.0. The molecular weight excluding hydrogens is 556 g/mol. The van der Waals surface area contributed by atoms with Crippen molar-refractivity contribution >= 4 is 17.6 Å². The van der Waals surface area contributed by atoms with Crippen LogP contribution in [-0.4, -0.2) is 69.8 Å². The van der Waals surface area contributed by atoms with E-state index in [9.17, 15) is 27.5 Å². The molecule has 3 aromatic rings. The van der Waals surface area contributed by atoms with Gasteiger partial charge in [-0.05, 0) is 87.0 Å². The highest BCUT2D eigenvalue weighted by Crippen LogP contribution is 2.26. The van der Waals surface area contributed by atoms with E-state index in [1.54, 1.807) is 0 Å². The molecule has 0 bridgehead atoms. The van der Waals surface area contributed by atoms with Gasteiger partial charge in [0.1, 0.15) is 35.9 Å². The fourth-order valence-electron chi connectivity index (χ4n) is 4.63. The number of unbranched alkanes of at least 4 members (excludes halogenated alkanes) is 1.